The lowest BCUT2D eigenvalue weighted by atomic mass is 9.96. The van der Waals surface area contributed by atoms with E-state index in [-0.39, 0.29) is 18.0 Å². The molecule has 1 aliphatic rings. The molecular formula is C18H23N3O. The number of carbonyl (C=O) groups is 1. The fourth-order valence-corrected chi connectivity index (χ4v) is 3.22. The smallest absolute Gasteiger partial charge is 0.270 e. The Morgan fingerprint density at radius 3 is 2.73 bits per heavy atom. The molecule has 0 bridgehead atoms. The van der Waals surface area contributed by atoms with E-state index in [2.05, 4.69) is 4.98 Å². The number of likely N-dealkylation sites (tertiary alicyclic amines) is 1. The summed E-state index contributed by atoms with van der Waals surface area (Å²) in [6.45, 7) is 2.78. The fourth-order valence-electron chi connectivity index (χ4n) is 3.22. The highest BCUT2D eigenvalue weighted by molar-refractivity contribution is 5.93. The van der Waals surface area contributed by atoms with Gasteiger partial charge in [0.15, 0.2) is 0 Å². The summed E-state index contributed by atoms with van der Waals surface area (Å²) in [4.78, 5) is 18.0. The molecule has 116 valence electrons. The molecule has 2 heterocycles. The Bertz CT molecular complexity index is 633. The summed E-state index contributed by atoms with van der Waals surface area (Å²) in [7, 11) is 0. The van der Waals surface area contributed by atoms with E-state index in [1.54, 1.807) is 0 Å². The van der Waals surface area contributed by atoms with Gasteiger partial charge in [-0.1, -0.05) is 30.3 Å². The first-order valence-electron chi connectivity index (χ1n) is 7.98. The number of nitrogens with zero attached hydrogens (tertiary/aromatic N) is 1. The second kappa shape index (κ2) is 6.36. The van der Waals surface area contributed by atoms with Crippen LogP contribution in [-0.4, -0.2) is 34.4 Å². The third-order valence-electron chi connectivity index (χ3n) is 4.42. The molecule has 0 spiro atoms. The Hall–Kier alpha value is -2.07. The van der Waals surface area contributed by atoms with E-state index in [9.17, 15) is 4.79 Å². The van der Waals surface area contributed by atoms with Gasteiger partial charge in [-0.2, -0.15) is 0 Å². The molecule has 4 heteroatoms. The van der Waals surface area contributed by atoms with Gasteiger partial charge in [0, 0.05) is 24.3 Å². The maximum atomic E-state index is 12.8. The number of hydrogen-bond donors (Lipinski definition) is 2. The number of piperidine rings is 1. The van der Waals surface area contributed by atoms with Crippen LogP contribution < -0.4 is 5.73 Å². The SMILES string of the molecule is CC(N)C1CCCCN1C(=O)c1ccc(-c2ccccc2)[nH]1. The number of benzene rings is 1. The number of nitrogens with two attached hydrogens (primary N) is 1. The molecule has 1 amide bonds. The van der Waals surface area contributed by atoms with Crippen LogP contribution in [0.1, 0.15) is 36.7 Å². The van der Waals surface area contributed by atoms with Crippen LogP contribution in [0.4, 0.5) is 0 Å². The second-order valence-corrected chi connectivity index (χ2v) is 6.07. The molecule has 0 radical (unpaired) electrons. The van der Waals surface area contributed by atoms with Gasteiger partial charge in [0.05, 0.1) is 0 Å². The summed E-state index contributed by atoms with van der Waals surface area (Å²) in [6, 6.07) is 14.0. The molecule has 2 atom stereocenters. The average molecular weight is 297 g/mol. The van der Waals surface area contributed by atoms with Crippen molar-refractivity contribution in [2.24, 2.45) is 5.73 Å². The van der Waals surface area contributed by atoms with Crippen molar-refractivity contribution in [3.8, 4) is 11.3 Å². The quantitative estimate of drug-likeness (QED) is 0.914. The average Bonchev–Trinajstić information content (AvgIpc) is 3.05. The van der Waals surface area contributed by atoms with Crippen molar-refractivity contribution in [2.75, 3.05) is 6.54 Å². The minimum absolute atomic E-state index is 0.00723. The van der Waals surface area contributed by atoms with E-state index in [4.69, 9.17) is 5.73 Å². The van der Waals surface area contributed by atoms with E-state index in [1.807, 2.05) is 54.3 Å². The molecule has 3 rings (SSSR count). The third-order valence-corrected chi connectivity index (χ3v) is 4.42. The van der Waals surface area contributed by atoms with E-state index in [0.29, 0.717) is 5.69 Å². The van der Waals surface area contributed by atoms with Gasteiger partial charge in [0.25, 0.3) is 5.91 Å². The van der Waals surface area contributed by atoms with Crippen molar-refractivity contribution in [1.29, 1.82) is 0 Å². The van der Waals surface area contributed by atoms with Crippen LogP contribution in [0.15, 0.2) is 42.5 Å². The summed E-state index contributed by atoms with van der Waals surface area (Å²) >= 11 is 0. The minimum atomic E-state index is 0.00723. The highest BCUT2D eigenvalue weighted by Gasteiger charge is 2.30. The molecule has 1 saturated heterocycles. The van der Waals surface area contributed by atoms with Gasteiger partial charge in [-0.25, -0.2) is 0 Å². The molecule has 0 aliphatic carbocycles. The van der Waals surface area contributed by atoms with Gasteiger partial charge in [-0.15, -0.1) is 0 Å². The standard InChI is InChI=1S/C18H23N3O/c1-13(19)17-9-5-6-12-21(17)18(22)16-11-10-15(20-16)14-7-3-2-4-8-14/h2-4,7-8,10-11,13,17,20H,5-6,9,12,19H2,1H3. The van der Waals surface area contributed by atoms with Crippen LogP contribution >= 0.6 is 0 Å². The number of amides is 1. The van der Waals surface area contributed by atoms with Gasteiger partial charge in [-0.3, -0.25) is 4.79 Å². The van der Waals surface area contributed by atoms with Crippen LogP contribution in [0.2, 0.25) is 0 Å². The molecule has 1 fully saturated rings. The van der Waals surface area contributed by atoms with Crippen LogP contribution in [0, 0.1) is 0 Å². The number of H-pyrrole nitrogens is 1. The first kappa shape index (κ1) is 14.9. The normalized spacial score (nSPS) is 19.9. The predicted octanol–water partition coefficient (Wildman–Crippen LogP) is 3.02. The van der Waals surface area contributed by atoms with Gasteiger partial charge >= 0.3 is 0 Å². The Kier molecular flexibility index (Phi) is 4.29. The summed E-state index contributed by atoms with van der Waals surface area (Å²) in [6.07, 6.45) is 3.20. The van der Waals surface area contributed by atoms with Crippen molar-refractivity contribution in [3.63, 3.8) is 0 Å². The van der Waals surface area contributed by atoms with Crippen LogP contribution in [0.5, 0.6) is 0 Å². The topological polar surface area (TPSA) is 62.1 Å². The van der Waals surface area contributed by atoms with E-state index in [0.717, 1.165) is 37.1 Å². The Labute approximate surface area is 131 Å². The molecule has 4 nitrogen and oxygen atoms in total. The van der Waals surface area contributed by atoms with Gasteiger partial charge in [0.1, 0.15) is 5.69 Å². The van der Waals surface area contributed by atoms with E-state index >= 15 is 0 Å². The summed E-state index contributed by atoms with van der Waals surface area (Å²) < 4.78 is 0. The third kappa shape index (κ3) is 2.92. The Balaban J connectivity index is 1.82. The number of nitrogens with one attached hydrogen (secondary N) is 1. The molecule has 2 unspecified atom stereocenters. The van der Waals surface area contributed by atoms with Crippen LogP contribution in [0.3, 0.4) is 0 Å². The predicted molar refractivity (Wildman–Crippen MR) is 88.6 cm³/mol. The van der Waals surface area contributed by atoms with Crippen molar-refractivity contribution in [3.05, 3.63) is 48.2 Å². The lowest BCUT2D eigenvalue weighted by molar-refractivity contribution is 0.0578. The van der Waals surface area contributed by atoms with E-state index in [1.165, 1.54) is 0 Å². The molecule has 1 aromatic carbocycles. The van der Waals surface area contributed by atoms with Crippen molar-refractivity contribution in [2.45, 2.75) is 38.3 Å². The van der Waals surface area contributed by atoms with Gasteiger partial charge < -0.3 is 15.6 Å². The van der Waals surface area contributed by atoms with Crippen molar-refractivity contribution in [1.82, 2.24) is 9.88 Å². The number of aromatic nitrogens is 1. The van der Waals surface area contributed by atoms with Crippen LogP contribution in [-0.2, 0) is 0 Å². The molecular weight excluding hydrogens is 274 g/mol. The molecule has 3 N–H and O–H groups in total. The first-order valence-corrected chi connectivity index (χ1v) is 7.98. The highest BCUT2D eigenvalue weighted by atomic mass is 16.2. The lowest BCUT2D eigenvalue weighted by Gasteiger charge is -2.37. The molecule has 2 aromatic rings. The number of aromatic amines is 1. The summed E-state index contributed by atoms with van der Waals surface area (Å²) in [5.74, 6) is 0.0594. The second-order valence-electron chi connectivity index (χ2n) is 6.07. The van der Waals surface area contributed by atoms with E-state index < -0.39 is 0 Å². The van der Waals surface area contributed by atoms with Gasteiger partial charge in [0.2, 0.25) is 0 Å². The minimum Gasteiger partial charge on any atom is -0.351 e. The fraction of sp³-hybridized carbons (Fsp3) is 0.389. The number of carbonyl (C=O) groups excluding carboxylic acids is 1. The zero-order chi connectivity index (χ0) is 15.5. The highest BCUT2D eigenvalue weighted by Crippen LogP contribution is 2.23. The lowest BCUT2D eigenvalue weighted by Crippen LogP contribution is -2.51. The number of rotatable bonds is 3. The van der Waals surface area contributed by atoms with Crippen molar-refractivity contribution < 1.29 is 4.79 Å². The maximum Gasteiger partial charge on any atom is 0.270 e. The first-order chi connectivity index (χ1) is 10.7. The molecule has 22 heavy (non-hydrogen) atoms. The van der Waals surface area contributed by atoms with Crippen molar-refractivity contribution >= 4 is 5.91 Å². The molecule has 0 saturated carbocycles. The summed E-state index contributed by atoms with van der Waals surface area (Å²) in [5, 5.41) is 0. The zero-order valence-electron chi connectivity index (χ0n) is 13.0. The van der Waals surface area contributed by atoms with Gasteiger partial charge in [-0.05, 0) is 43.9 Å². The monoisotopic (exact) mass is 297 g/mol. The maximum absolute atomic E-state index is 12.8. The van der Waals surface area contributed by atoms with Crippen LogP contribution in [0.25, 0.3) is 11.3 Å². The zero-order valence-corrected chi connectivity index (χ0v) is 13.0. The summed E-state index contributed by atoms with van der Waals surface area (Å²) in [5.41, 5.74) is 8.77. The number of hydrogen-bond acceptors (Lipinski definition) is 2. The molecule has 1 aromatic heterocycles. The molecule has 1 aliphatic heterocycles. The largest absolute Gasteiger partial charge is 0.351 e. The Morgan fingerprint density at radius 1 is 1.23 bits per heavy atom. The Morgan fingerprint density at radius 2 is 2.00 bits per heavy atom.